The Kier molecular flexibility index (Phi) is 3.88. The molecule has 4 nitrogen and oxygen atoms in total. The first kappa shape index (κ1) is 11.8. The minimum Gasteiger partial charge on any atom is -0.493 e. The maximum absolute atomic E-state index is 5.85. The number of hydrogen-bond acceptors (Lipinski definition) is 3. The first-order valence-corrected chi connectivity index (χ1v) is 5.78. The Hall–Kier alpha value is -1.68. The van der Waals surface area contributed by atoms with Crippen LogP contribution in [0.2, 0.25) is 5.02 Å². The Balaban J connectivity index is 1.73. The van der Waals surface area contributed by atoms with E-state index in [0.717, 1.165) is 18.7 Å². The number of anilines is 1. The van der Waals surface area contributed by atoms with E-state index in [9.17, 15) is 0 Å². The van der Waals surface area contributed by atoms with Crippen molar-refractivity contribution in [2.24, 2.45) is 0 Å². The number of benzene rings is 1. The molecule has 2 N–H and O–H groups in total. The molecule has 0 fully saturated rings. The van der Waals surface area contributed by atoms with Gasteiger partial charge in [0, 0.05) is 24.2 Å². The fourth-order valence-electron chi connectivity index (χ4n) is 1.48. The van der Waals surface area contributed by atoms with Crippen LogP contribution in [-0.2, 0) is 6.54 Å². The number of aromatic nitrogens is 2. The fourth-order valence-corrected chi connectivity index (χ4v) is 1.66. The lowest BCUT2D eigenvalue weighted by atomic mass is 10.3. The molecule has 5 heteroatoms. The molecule has 1 aromatic heterocycles. The summed E-state index contributed by atoms with van der Waals surface area (Å²) in [5, 5.41) is 4.77. The number of ether oxygens (including phenoxy) is 1. The molecule has 0 aliphatic heterocycles. The molecule has 1 aromatic carbocycles. The molecule has 0 unspecified atom stereocenters. The van der Waals surface area contributed by atoms with E-state index in [0.29, 0.717) is 17.3 Å². The van der Waals surface area contributed by atoms with Crippen molar-refractivity contribution in [1.29, 1.82) is 0 Å². The van der Waals surface area contributed by atoms with E-state index in [1.54, 1.807) is 23.1 Å². The largest absolute Gasteiger partial charge is 0.493 e. The van der Waals surface area contributed by atoms with Crippen LogP contribution in [0.4, 0.5) is 5.69 Å². The average molecular weight is 252 g/mol. The van der Waals surface area contributed by atoms with Crippen molar-refractivity contribution in [1.82, 2.24) is 9.78 Å². The Morgan fingerprint density at radius 1 is 1.41 bits per heavy atom. The van der Waals surface area contributed by atoms with E-state index in [2.05, 4.69) is 5.10 Å². The second-order valence-corrected chi connectivity index (χ2v) is 4.13. The number of nitrogens with two attached hydrogens (primary N) is 1. The highest BCUT2D eigenvalue weighted by Gasteiger charge is 1.97. The van der Waals surface area contributed by atoms with Crippen LogP contribution < -0.4 is 10.5 Å². The predicted octanol–water partition coefficient (Wildman–Crippen LogP) is 2.59. The zero-order valence-electron chi connectivity index (χ0n) is 9.34. The zero-order chi connectivity index (χ0) is 12.1. The average Bonchev–Trinajstić information content (AvgIpc) is 2.71. The predicted molar refractivity (Wildman–Crippen MR) is 68.2 cm³/mol. The quantitative estimate of drug-likeness (QED) is 0.831. The van der Waals surface area contributed by atoms with Gasteiger partial charge in [-0.25, -0.2) is 0 Å². The number of rotatable bonds is 5. The van der Waals surface area contributed by atoms with Gasteiger partial charge in [0.25, 0.3) is 0 Å². The standard InChI is InChI=1S/C12H14ClN3O/c13-10-3-1-4-12(7-10)17-6-2-5-16-9-11(14)8-15-16/h1,3-4,7-9H,2,5-6,14H2. The number of nitrogen functional groups attached to an aromatic ring is 1. The maximum Gasteiger partial charge on any atom is 0.120 e. The van der Waals surface area contributed by atoms with Crippen LogP contribution in [0.15, 0.2) is 36.7 Å². The molecule has 0 saturated carbocycles. The van der Waals surface area contributed by atoms with Gasteiger partial charge in [0.15, 0.2) is 0 Å². The van der Waals surface area contributed by atoms with E-state index >= 15 is 0 Å². The van der Waals surface area contributed by atoms with E-state index < -0.39 is 0 Å². The summed E-state index contributed by atoms with van der Waals surface area (Å²) in [6.45, 7) is 1.41. The SMILES string of the molecule is Nc1cnn(CCCOc2cccc(Cl)c2)c1. The third-order valence-electron chi connectivity index (χ3n) is 2.25. The van der Waals surface area contributed by atoms with Crippen LogP contribution in [0.3, 0.4) is 0 Å². The molecule has 0 saturated heterocycles. The molecule has 0 aliphatic rings. The van der Waals surface area contributed by atoms with Crippen LogP contribution >= 0.6 is 11.6 Å². The summed E-state index contributed by atoms with van der Waals surface area (Å²) in [5.41, 5.74) is 6.24. The molecule has 17 heavy (non-hydrogen) atoms. The smallest absolute Gasteiger partial charge is 0.120 e. The van der Waals surface area contributed by atoms with Crippen molar-refractivity contribution >= 4 is 17.3 Å². The Morgan fingerprint density at radius 2 is 2.29 bits per heavy atom. The van der Waals surface area contributed by atoms with Gasteiger partial charge in [0.2, 0.25) is 0 Å². The molecule has 0 radical (unpaired) electrons. The summed E-state index contributed by atoms with van der Waals surface area (Å²) in [6.07, 6.45) is 4.31. The lowest BCUT2D eigenvalue weighted by Gasteiger charge is -2.06. The van der Waals surface area contributed by atoms with Gasteiger partial charge < -0.3 is 10.5 Å². The summed E-state index contributed by atoms with van der Waals surface area (Å²) in [6, 6.07) is 7.37. The highest BCUT2D eigenvalue weighted by molar-refractivity contribution is 6.30. The van der Waals surface area contributed by atoms with Gasteiger partial charge in [-0.05, 0) is 18.2 Å². The van der Waals surface area contributed by atoms with Crippen LogP contribution in [0.1, 0.15) is 6.42 Å². The molecular weight excluding hydrogens is 238 g/mol. The molecule has 0 aliphatic carbocycles. The monoisotopic (exact) mass is 251 g/mol. The van der Waals surface area contributed by atoms with Crippen LogP contribution in [0.25, 0.3) is 0 Å². The molecule has 90 valence electrons. The molecule has 2 aromatic rings. The van der Waals surface area contributed by atoms with E-state index in [4.69, 9.17) is 22.1 Å². The number of aryl methyl sites for hydroxylation is 1. The Bertz CT molecular complexity index is 484. The molecule has 0 bridgehead atoms. The highest BCUT2D eigenvalue weighted by Crippen LogP contribution is 2.17. The first-order valence-electron chi connectivity index (χ1n) is 5.40. The van der Waals surface area contributed by atoms with Crippen molar-refractivity contribution in [3.8, 4) is 5.75 Å². The number of nitrogens with zero attached hydrogens (tertiary/aromatic N) is 2. The van der Waals surface area contributed by atoms with Crippen molar-refractivity contribution in [3.05, 3.63) is 41.7 Å². The molecule has 1 heterocycles. The number of hydrogen-bond donors (Lipinski definition) is 1. The minimum absolute atomic E-state index is 0.625. The van der Waals surface area contributed by atoms with Gasteiger partial charge in [-0.2, -0.15) is 5.10 Å². The van der Waals surface area contributed by atoms with Crippen LogP contribution in [-0.4, -0.2) is 16.4 Å². The third kappa shape index (κ3) is 3.67. The second-order valence-electron chi connectivity index (χ2n) is 3.70. The molecule has 2 rings (SSSR count). The third-order valence-corrected chi connectivity index (χ3v) is 2.48. The Labute approximate surface area is 105 Å². The summed E-state index contributed by atoms with van der Waals surface area (Å²) < 4.78 is 7.36. The molecule has 0 atom stereocenters. The van der Waals surface area contributed by atoms with E-state index in [1.165, 1.54) is 0 Å². The molecular formula is C12H14ClN3O. The molecule has 0 amide bonds. The minimum atomic E-state index is 0.625. The van der Waals surface area contributed by atoms with Gasteiger partial charge in [0.1, 0.15) is 5.75 Å². The number of halogens is 1. The van der Waals surface area contributed by atoms with Gasteiger partial charge in [-0.3, -0.25) is 4.68 Å². The summed E-state index contributed by atoms with van der Waals surface area (Å²) >= 11 is 5.85. The van der Waals surface area contributed by atoms with Crippen LogP contribution in [0, 0.1) is 0 Å². The van der Waals surface area contributed by atoms with Gasteiger partial charge in [-0.15, -0.1) is 0 Å². The van der Waals surface area contributed by atoms with Crippen LogP contribution in [0.5, 0.6) is 5.75 Å². The first-order chi connectivity index (χ1) is 8.24. The topological polar surface area (TPSA) is 53.1 Å². The van der Waals surface area contributed by atoms with Gasteiger partial charge in [0.05, 0.1) is 18.5 Å². The van der Waals surface area contributed by atoms with E-state index in [-0.39, 0.29) is 0 Å². The summed E-state index contributed by atoms with van der Waals surface area (Å²) in [4.78, 5) is 0. The van der Waals surface area contributed by atoms with Gasteiger partial charge in [-0.1, -0.05) is 17.7 Å². The normalized spacial score (nSPS) is 10.4. The van der Waals surface area contributed by atoms with Crippen molar-refractivity contribution in [3.63, 3.8) is 0 Å². The Morgan fingerprint density at radius 3 is 3.00 bits per heavy atom. The van der Waals surface area contributed by atoms with Crippen molar-refractivity contribution < 1.29 is 4.74 Å². The zero-order valence-corrected chi connectivity index (χ0v) is 10.1. The van der Waals surface area contributed by atoms with Crippen molar-refractivity contribution in [2.45, 2.75) is 13.0 Å². The lowest BCUT2D eigenvalue weighted by molar-refractivity contribution is 0.298. The van der Waals surface area contributed by atoms with E-state index in [1.807, 2.05) is 18.2 Å². The second kappa shape index (κ2) is 5.59. The lowest BCUT2D eigenvalue weighted by Crippen LogP contribution is -2.04. The maximum atomic E-state index is 5.85. The summed E-state index contributed by atoms with van der Waals surface area (Å²) in [7, 11) is 0. The van der Waals surface area contributed by atoms with Gasteiger partial charge >= 0.3 is 0 Å². The fraction of sp³-hybridized carbons (Fsp3) is 0.250. The summed E-state index contributed by atoms with van der Waals surface area (Å²) in [5.74, 6) is 0.789. The highest BCUT2D eigenvalue weighted by atomic mass is 35.5. The van der Waals surface area contributed by atoms with Crippen molar-refractivity contribution in [2.75, 3.05) is 12.3 Å². The molecule has 0 spiro atoms.